The van der Waals surface area contributed by atoms with Crippen molar-refractivity contribution in [2.75, 3.05) is 13.1 Å². The van der Waals surface area contributed by atoms with Crippen LogP contribution in [0.1, 0.15) is 25.7 Å². The maximum Gasteiger partial charge on any atom is 0.0266 e. The monoisotopic (exact) mass is 166 g/mol. The van der Waals surface area contributed by atoms with Crippen molar-refractivity contribution >= 4 is 0 Å². The third kappa shape index (κ3) is 1.36. The van der Waals surface area contributed by atoms with Crippen LogP contribution >= 0.6 is 0 Å². The molecule has 0 unspecified atom stereocenters. The molecule has 0 aromatic carbocycles. The number of rotatable bonds is 2. The molecule has 2 nitrogen and oxygen atoms in total. The normalized spacial score (nSPS) is 28.0. The smallest absolute Gasteiger partial charge is 0.0266 e. The van der Waals surface area contributed by atoms with Crippen molar-refractivity contribution < 1.29 is 0 Å². The molecule has 0 aromatic heterocycles. The molecule has 0 amide bonds. The molecule has 1 aliphatic carbocycles. The van der Waals surface area contributed by atoms with Crippen molar-refractivity contribution in [3.63, 3.8) is 0 Å². The Bertz CT molecular complexity index is 163. The van der Waals surface area contributed by atoms with Crippen molar-refractivity contribution in [3.8, 4) is 0 Å². The van der Waals surface area contributed by atoms with Crippen molar-refractivity contribution in [2.24, 2.45) is 5.41 Å². The summed E-state index contributed by atoms with van der Waals surface area (Å²) in [6, 6.07) is 0.723. The summed E-state index contributed by atoms with van der Waals surface area (Å²) >= 11 is 0. The Morgan fingerprint density at radius 1 is 1.33 bits per heavy atom. The molecule has 2 rings (SSSR count). The first-order valence-electron chi connectivity index (χ1n) is 4.92. The van der Waals surface area contributed by atoms with Crippen molar-refractivity contribution in [1.82, 2.24) is 10.6 Å². The molecule has 0 bridgehead atoms. The highest BCUT2D eigenvalue weighted by molar-refractivity contribution is 5.00. The molecule has 0 aromatic rings. The number of nitrogens with one attached hydrogen (secondary N) is 2. The van der Waals surface area contributed by atoms with E-state index in [9.17, 15) is 0 Å². The molecule has 1 spiro atoms. The summed E-state index contributed by atoms with van der Waals surface area (Å²) in [5, 5.41) is 6.71. The summed E-state index contributed by atoms with van der Waals surface area (Å²) in [7, 11) is 0. The molecule has 1 saturated heterocycles. The zero-order valence-corrected chi connectivity index (χ0v) is 7.60. The molecule has 1 aliphatic heterocycles. The fourth-order valence-electron chi connectivity index (χ4n) is 2.64. The summed E-state index contributed by atoms with van der Waals surface area (Å²) in [6.07, 6.45) is 7.31. The maximum absolute atomic E-state index is 3.69. The van der Waals surface area contributed by atoms with Gasteiger partial charge in [-0.05, 0) is 50.4 Å². The number of hydrogen-bond acceptors (Lipinski definition) is 2. The molecule has 2 heteroatoms. The van der Waals surface area contributed by atoms with Gasteiger partial charge in [-0.2, -0.15) is 0 Å². The lowest BCUT2D eigenvalue weighted by Gasteiger charge is -2.50. The lowest BCUT2D eigenvalue weighted by Crippen LogP contribution is -2.51. The van der Waals surface area contributed by atoms with Crippen molar-refractivity contribution in [2.45, 2.75) is 31.7 Å². The van der Waals surface area contributed by atoms with Crippen LogP contribution in [0.3, 0.4) is 0 Å². The quantitative estimate of drug-likeness (QED) is 0.645. The van der Waals surface area contributed by atoms with Crippen molar-refractivity contribution in [1.29, 1.82) is 0 Å². The van der Waals surface area contributed by atoms with E-state index >= 15 is 0 Å². The molecule has 2 N–H and O–H groups in total. The Labute approximate surface area is 74.4 Å². The third-order valence-electron chi connectivity index (χ3n) is 3.38. The Morgan fingerprint density at radius 3 is 2.58 bits per heavy atom. The molecule has 2 fully saturated rings. The zero-order chi connectivity index (χ0) is 8.44. The van der Waals surface area contributed by atoms with Gasteiger partial charge in [0.15, 0.2) is 0 Å². The highest BCUT2D eigenvalue weighted by atomic mass is 14.9. The van der Waals surface area contributed by atoms with E-state index < -0.39 is 0 Å². The molecule has 1 heterocycles. The highest BCUT2D eigenvalue weighted by Crippen LogP contribution is 2.47. The van der Waals surface area contributed by atoms with Gasteiger partial charge >= 0.3 is 0 Å². The Kier molecular flexibility index (Phi) is 2.09. The first kappa shape index (κ1) is 8.11. The van der Waals surface area contributed by atoms with Gasteiger partial charge in [0.2, 0.25) is 0 Å². The van der Waals surface area contributed by atoms with Crippen LogP contribution in [0.2, 0.25) is 0 Å². The second kappa shape index (κ2) is 3.09. The van der Waals surface area contributed by atoms with Crippen LogP contribution < -0.4 is 10.6 Å². The summed E-state index contributed by atoms with van der Waals surface area (Å²) in [4.78, 5) is 0. The van der Waals surface area contributed by atoms with Gasteiger partial charge in [0.1, 0.15) is 0 Å². The standard InChI is InChI=1S/C10H18N2/c1-2-12-9-7-10(8-9)3-5-11-6-4-10/h2,9,11-12H,1,3-8H2. The summed E-state index contributed by atoms with van der Waals surface area (Å²) in [5.74, 6) is 0. The van der Waals surface area contributed by atoms with Gasteiger partial charge in [0.25, 0.3) is 0 Å². The van der Waals surface area contributed by atoms with E-state index in [0.29, 0.717) is 5.41 Å². The number of piperidine rings is 1. The SMILES string of the molecule is C=CNC1CC2(CCNCC2)C1. The van der Waals surface area contributed by atoms with Crippen LogP contribution in [0.25, 0.3) is 0 Å². The second-order valence-electron chi connectivity index (χ2n) is 4.23. The minimum atomic E-state index is 0.700. The van der Waals surface area contributed by atoms with Crippen LogP contribution in [-0.2, 0) is 0 Å². The van der Waals surface area contributed by atoms with Gasteiger partial charge in [-0.25, -0.2) is 0 Å². The van der Waals surface area contributed by atoms with E-state index in [-0.39, 0.29) is 0 Å². The Hall–Kier alpha value is -0.500. The van der Waals surface area contributed by atoms with Gasteiger partial charge in [-0.1, -0.05) is 6.58 Å². The van der Waals surface area contributed by atoms with Crippen LogP contribution in [0.5, 0.6) is 0 Å². The largest absolute Gasteiger partial charge is 0.389 e. The van der Waals surface area contributed by atoms with Crippen LogP contribution in [-0.4, -0.2) is 19.1 Å². The van der Waals surface area contributed by atoms with Crippen LogP contribution in [0, 0.1) is 5.41 Å². The van der Waals surface area contributed by atoms with Gasteiger partial charge < -0.3 is 10.6 Å². The third-order valence-corrected chi connectivity index (χ3v) is 3.38. The molecule has 68 valence electrons. The lowest BCUT2D eigenvalue weighted by atomic mass is 9.61. The second-order valence-corrected chi connectivity index (χ2v) is 4.23. The Morgan fingerprint density at radius 2 is 2.00 bits per heavy atom. The van der Waals surface area contributed by atoms with E-state index in [1.54, 1.807) is 0 Å². The van der Waals surface area contributed by atoms with Crippen molar-refractivity contribution in [3.05, 3.63) is 12.8 Å². The average Bonchev–Trinajstić information content (AvgIpc) is 2.04. The van der Waals surface area contributed by atoms with Gasteiger partial charge in [0.05, 0.1) is 0 Å². The van der Waals surface area contributed by atoms with Gasteiger partial charge in [-0.15, -0.1) is 0 Å². The van der Waals surface area contributed by atoms with Crippen LogP contribution in [0.15, 0.2) is 12.8 Å². The lowest BCUT2D eigenvalue weighted by molar-refractivity contribution is 0.0522. The highest BCUT2D eigenvalue weighted by Gasteiger charge is 2.43. The predicted octanol–water partition coefficient (Wildman–Crippen LogP) is 1.25. The van der Waals surface area contributed by atoms with Crippen LogP contribution in [0.4, 0.5) is 0 Å². The summed E-state index contributed by atoms with van der Waals surface area (Å²) in [6.45, 7) is 6.14. The minimum Gasteiger partial charge on any atom is -0.389 e. The number of hydrogen-bond donors (Lipinski definition) is 2. The molecular weight excluding hydrogens is 148 g/mol. The van der Waals surface area contributed by atoms with E-state index in [1.165, 1.54) is 38.8 Å². The topological polar surface area (TPSA) is 24.1 Å². The molecule has 1 saturated carbocycles. The molecular formula is C10H18N2. The van der Waals surface area contributed by atoms with E-state index in [0.717, 1.165) is 6.04 Å². The van der Waals surface area contributed by atoms with Gasteiger partial charge in [-0.3, -0.25) is 0 Å². The first-order valence-corrected chi connectivity index (χ1v) is 4.92. The fourth-order valence-corrected chi connectivity index (χ4v) is 2.64. The predicted molar refractivity (Wildman–Crippen MR) is 50.9 cm³/mol. The average molecular weight is 166 g/mol. The Balaban J connectivity index is 1.80. The molecule has 0 atom stereocenters. The molecule has 12 heavy (non-hydrogen) atoms. The van der Waals surface area contributed by atoms with Gasteiger partial charge in [0, 0.05) is 6.04 Å². The summed E-state index contributed by atoms with van der Waals surface area (Å²) in [5.41, 5.74) is 0.700. The zero-order valence-electron chi connectivity index (χ0n) is 7.60. The van der Waals surface area contributed by atoms with E-state index in [1.807, 2.05) is 6.20 Å². The minimum absolute atomic E-state index is 0.700. The first-order chi connectivity index (χ1) is 5.85. The fraction of sp³-hybridized carbons (Fsp3) is 0.800. The molecule has 2 aliphatic rings. The van der Waals surface area contributed by atoms with E-state index in [4.69, 9.17) is 0 Å². The van der Waals surface area contributed by atoms with E-state index in [2.05, 4.69) is 17.2 Å². The maximum atomic E-state index is 3.69. The summed E-state index contributed by atoms with van der Waals surface area (Å²) < 4.78 is 0. The molecule has 0 radical (unpaired) electrons.